The summed E-state index contributed by atoms with van der Waals surface area (Å²) in [6, 6.07) is 11.0. The Balaban J connectivity index is 1.36. The molecule has 0 spiro atoms. The number of piperazine rings is 1. The summed E-state index contributed by atoms with van der Waals surface area (Å²) >= 11 is 3.22. The smallest absolute Gasteiger partial charge is 0.257 e. The molecule has 2 heterocycles. The minimum absolute atomic E-state index is 0.148. The van der Waals surface area contributed by atoms with Crippen LogP contribution in [0.15, 0.2) is 40.9 Å². The van der Waals surface area contributed by atoms with Crippen molar-refractivity contribution >= 4 is 21.8 Å². The summed E-state index contributed by atoms with van der Waals surface area (Å²) in [5.74, 6) is 0.318. The highest BCUT2D eigenvalue weighted by Gasteiger charge is 2.26. The van der Waals surface area contributed by atoms with Crippen molar-refractivity contribution in [1.82, 2.24) is 4.90 Å². The van der Waals surface area contributed by atoms with E-state index in [0.29, 0.717) is 17.6 Å². The van der Waals surface area contributed by atoms with E-state index >= 15 is 0 Å². The molecule has 4 nitrogen and oxygen atoms in total. The highest BCUT2D eigenvalue weighted by Crippen LogP contribution is 2.25. The third kappa shape index (κ3) is 3.62. The molecule has 2 aromatic rings. The predicted octanol–water partition coefficient (Wildman–Crippen LogP) is 2.06. The molecule has 0 unspecified atom stereocenters. The van der Waals surface area contributed by atoms with Crippen LogP contribution in [0.4, 0.5) is 4.39 Å². The third-order valence-electron chi connectivity index (χ3n) is 5.13. The van der Waals surface area contributed by atoms with Gasteiger partial charge in [0.15, 0.2) is 0 Å². The van der Waals surface area contributed by atoms with E-state index in [-0.39, 0.29) is 11.5 Å². The summed E-state index contributed by atoms with van der Waals surface area (Å²) in [6.45, 7) is 4.77. The van der Waals surface area contributed by atoms with Gasteiger partial charge in [-0.2, -0.15) is 0 Å². The average molecular weight is 420 g/mol. The monoisotopic (exact) mass is 419 g/mol. The van der Waals surface area contributed by atoms with E-state index in [0.717, 1.165) is 38.4 Å². The van der Waals surface area contributed by atoms with Crippen LogP contribution >= 0.6 is 15.9 Å². The number of halogens is 2. The number of fused-ring (bicyclic) bond motifs is 1. The van der Waals surface area contributed by atoms with Gasteiger partial charge in [-0.3, -0.25) is 4.79 Å². The van der Waals surface area contributed by atoms with Crippen LogP contribution in [0.1, 0.15) is 21.5 Å². The van der Waals surface area contributed by atoms with Gasteiger partial charge < -0.3 is 14.5 Å². The fourth-order valence-corrected chi connectivity index (χ4v) is 4.01. The molecule has 1 N–H and O–H groups in total. The van der Waals surface area contributed by atoms with Crippen molar-refractivity contribution in [1.29, 1.82) is 0 Å². The molecule has 26 heavy (non-hydrogen) atoms. The summed E-state index contributed by atoms with van der Waals surface area (Å²) in [4.78, 5) is 15.8. The van der Waals surface area contributed by atoms with E-state index in [4.69, 9.17) is 4.74 Å². The number of benzene rings is 2. The molecule has 2 aromatic carbocycles. The molecule has 1 amide bonds. The molecular formula is C20H21BrFN2O2+. The molecule has 0 saturated carbocycles. The van der Waals surface area contributed by atoms with Gasteiger partial charge in [0.25, 0.3) is 5.91 Å². The molecule has 0 aromatic heterocycles. The van der Waals surface area contributed by atoms with Gasteiger partial charge in [-0.25, -0.2) is 4.39 Å². The quantitative estimate of drug-likeness (QED) is 0.825. The molecule has 0 aliphatic carbocycles. The van der Waals surface area contributed by atoms with Crippen molar-refractivity contribution < 1.29 is 18.8 Å². The van der Waals surface area contributed by atoms with Gasteiger partial charge >= 0.3 is 0 Å². The van der Waals surface area contributed by atoms with Crippen molar-refractivity contribution in [2.24, 2.45) is 0 Å². The van der Waals surface area contributed by atoms with Crippen LogP contribution in [-0.2, 0) is 13.0 Å². The fraction of sp³-hybridized carbons (Fsp3) is 0.350. The van der Waals surface area contributed by atoms with E-state index < -0.39 is 5.82 Å². The van der Waals surface area contributed by atoms with Crippen LogP contribution in [0, 0.1) is 5.82 Å². The van der Waals surface area contributed by atoms with E-state index in [1.807, 2.05) is 0 Å². The summed E-state index contributed by atoms with van der Waals surface area (Å²) in [6.07, 6.45) is 0.986. The minimum Gasteiger partial charge on any atom is -0.493 e. The van der Waals surface area contributed by atoms with Gasteiger partial charge in [0.2, 0.25) is 0 Å². The highest BCUT2D eigenvalue weighted by molar-refractivity contribution is 9.10. The first-order valence-electron chi connectivity index (χ1n) is 8.92. The molecule has 1 fully saturated rings. The zero-order valence-corrected chi connectivity index (χ0v) is 16.0. The van der Waals surface area contributed by atoms with Crippen LogP contribution in [-0.4, -0.2) is 43.6 Å². The molecule has 2 aliphatic rings. The topological polar surface area (TPSA) is 34.0 Å². The zero-order valence-electron chi connectivity index (χ0n) is 14.4. The van der Waals surface area contributed by atoms with Gasteiger partial charge in [0.05, 0.1) is 38.3 Å². The van der Waals surface area contributed by atoms with Gasteiger partial charge in [0.1, 0.15) is 18.1 Å². The van der Waals surface area contributed by atoms with Gasteiger partial charge in [-0.05, 0) is 42.0 Å². The fourth-order valence-electron chi connectivity index (χ4n) is 3.67. The zero-order chi connectivity index (χ0) is 18.1. The Kier molecular flexibility index (Phi) is 4.96. The first kappa shape index (κ1) is 17.5. The lowest BCUT2D eigenvalue weighted by Gasteiger charge is -2.32. The van der Waals surface area contributed by atoms with Gasteiger partial charge in [-0.15, -0.1) is 0 Å². The van der Waals surface area contributed by atoms with Crippen LogP contribution in [0.5, 0.6) is 5.75 Å². The van der Waals surface area contributed by atoms with Crippen LogP contribution in [0.2, 0.25) is 0 Å². The largest absolute Gasteiger partial charge is 0.493 e. The van der Waals surface area contributed by atoms with Crippen molar-refractivity contribution in [3.05, 3.63) is 63.4 Å². The van der Waals surface area contributed by atoms with Crippen molar-refractivity contribution in [3.63, 3.8) is 0 Å². The second-order valence-electron chi connectivity index (χ2n) is 6.88. The maximum atomic E-state index is 14.0. The Labute approximate surface area is 160 Å². The Hall–Kier alpha value is -1.92. The van der Waals surface area contributed by atoms with Crippen LogP contribution < -0.4 is 9.64 Å². The molecule has 4 rings (SSSR count). The lowest BCUT2D eigenvalue weighted by atomic mass is 10.1. The standard InChI is InChI=1S/C20H20BrFN2O2/c21-16-2-3-17(18(22)12-16)20(25)24-8-6-23(7-9-24)13-14-1-4-19-15(11-14)5-10-26-19/h1-4,11-12H,5-10,13H2/p+1. The maximum absolute atomic E-state index is 14.0. The first-order chi connectivity index (χ1) is 12.6. The molecular weight excluding hydrogens is 399 g/mol. The van der Waals surface area contributed by atoms with Gasteiger partial charge in [0, 0.05) is 16.5 Å². The Morgan fingerprint density at radius 1 is 1.19 bits per heavy atom. The summed E-state index contributed by atoms with van der Waals surface area (Å²) < 4.78 is 20.2. The summed E-state index contributed by atoms with van der Waals surface area (Å²) in [7, 11) is 0. The maximum Gasteiger partial charge on any atom is 0.257 e. The molecule has 6 heteroatoms. The molecule has 136 valence electrons. The normalized spacial score (nSPS) is 17.1. The average Bonchev–Trinajstić information content (AvgIpc) is 3.10. The molecule has 0 bridgehead atoms. The lowest BCUT2D eigenvalue weighted by Crippen LogP contribution is -3.13. The number of nitrogens with one attached hydrogen (secondary N) is 1. The van der Waals surface area contributed by atoms with E-state index in [1.165, 1.54) is 22.1 Å². The second kappa shape index (κ2) is 7.37. The minimum atomic E-state index is -0.473. The van der Waals surface area contributed by atoms with Crippen molar-refractivity contribution in [3.8, 4) is 5.75 Å². The summed E-state index contributed by atoms with van der Waals surface area (Å²) in [5.41, 5.74) is 2.75. The Bertz CT molecular complexity index is 835. The number of carbonyl (C=O) groups excluding carboxylic acids is 1. The highest BCUT2D eigenvalue weighted by atomic mass is 79.9. The Morgan fingerprint density at radius 3 is 2.77 bits per heavy atom. The van der Waals surface area contributed by atoms with E-state index in [2.05, 4.69) is 34.1 Å². The van der Waals surface area contributed by atoms with Crippen LogP contribution in [0.25, 0.3) is 0 Å². The first-order valence-corrected chi connectivity index (χ1v) is 9.72. The van der Waals surface area contributed by atoms with E-state index in [9.17, 15) is 9.18 Å². The number of hydrogen-bond acceptors (Lipinski definition) is 2. The lowest BCUT2D eigenvalue weighted by molar-refractivity contribution is -0.917. The number of amides is 1. The SMILES string of the molecule is O=C(c1ccc(Br)cc1F)N1CC[NH+](Cc2ccc3c(c2)CCO3)CC1. The number of hydrogen-bond donors (Lipinski definition) is 1. The molecule has 0 radical (unpaired) electrons. The number of ether oxygens (including phenoxy) is 1. The van der Waals surface area contributed by atoms with Crippen molar-refractivity contribution in [2.75, 3.05) is 32.8 Å². The number of quaternary nitrogens is 1. The van der Waals surface area contributed by atoms with Crippen molar-refractivity contribution in [2.45, 2.75) is 13.0 Å². The molecule has 2 aliphatic heterocycles. The third-order valence-corrected chi connectivity index (χ3v) is 5.62. The molecule has 0 atom stereocenters. The number of carbonyl (C=O) groups is 1. The van der Waals surface area contributed by atoms with Crippen LogP contribution in [0.3, 0.4) is 0 Å². The number of nitrogens with zero attached hydrogens (tertiary/aromatic N) is 1. The predicted molar refractivity (Wildman–Crippen MR) is 100 cm³/mol. The second-order valence-corrected chi connectivity index (χ2v) is 7.80. The summed E-state index contributed by atoms with van der Waals surface area (Å²) in [5, 5.41) is 0. The molecule has 1 saturated heterocycles. The Morgan fingerprint density at radius 2 is 2.00 bits per heavy atom. The van der Waals surface area contributed by atoms with E-state index in [1.54, 1.807) is 17.0 Å². The van der Waals surface area contributed by atoms with Gasteiger partial charge in [-0.1, -0.05) is 15.9 Å². The number of rotatable bonds is 3.